The molecule has 1 aliphatic rings. The third kappa shape index (κ3) is 3.37. The Labute approximate surface area is 175 Å². The van der Waals surface area contributed by atoms with Gasteiger partial charge >= 0.3 is 6.03 Å². The average Bonchev–Trinajstić information content (AvgIpc) is 2.71. The molecule has 29 heavy (non-hydrogen) atoms. The molecule has 0 bridgehead atoms. The summed E-state index contributed by atoms with van der Waals surface area (Å²) in [6.07, 6.45) is 1.59. The van der Waals surface area contributed by atoms with E-state index in [4.69, 9.17) is 23.2 Å². The molecule has 10 heteroatoms. The van der Waals surface area contributed by atoms with Crippen LogP contribution in [0.25, 0.3) is 0 Å². The number of hydrogen-bond acceptors (Lipinski definition) is 6. The maximum absolute atomic E-state index is 13.0. The van der Waals surface area contributed by atoms with E-state index in [2.05, 4.69) is 15.3 Å². The topological polar surface area (TPSA) is 102 Å². The van der Waals surface area contributed by atoms with Gasteiger partial charge in [0, 0.05) is 30.6 Å². The van der Waals surface area contributed by atoms with Crippen molar-refractivity contribution in [3.8, 4) is 11.5 Å². The average molecular weight is 432 g/mol. The lowest BCUT2D eigenvalue weighted by Crippen LogP contribution is -2.46. The number of phenols is 2. The minimum absolute atomic E-state index is 0.0137. The first-order chi connectivity index (χ1) is 13.9. The molecule has 0 fully saturated rings. The Morgan fingerprint density at radius 3 is 2.41 bits per heavy atom. The summed E-state index contributed by atoms with van der Waals surface area (Å²) in [7, 11) is 1.55. The van der Waals surface area contributed by atoms with E-state index in [1.807, 2.05) is 30.3 Å². The number of halogens is 2. The molecule has 1 aromatic heterocycles. The Kier molecular flexibility index (Phi) is 4.81. The highest BCUT2D eigenvalue weighted by molar-refractivity contribution is 6.42. The number of carbonyl (C=O) groups is 1. The highest BCUT2D eigenvalue weighted by atomic mass is 35.5. The molecule has 0 aliphatic carbocycles. The molecule has 2 amide bonds. The maximum Gasteiger partial charge on any atom is 0.330 e. The smallest absolute Gasteiger partial charge is 0.330 e. The SMILES string of the molecule is CN1C(=O)N(c2c(Cl)c(O)cc(O)c2Cl)Cc2cnc(Nc3ccccc3)nc21. The van der Waals surface area contributed by atoms with Crippen molar-refractivity contribution in [1.82, 2.24) is 9.97 Å². The van der Waals surface area contributed by atoms with E-state index in [-0.39, 0.29) is 33.8 Å². The largest absolute Gasteiger partial charge is 0.506 e. The molecule has 3 N–H and O–H groups in total. The lowest BCUT2D eigenvalue weighted by atomic mass is 10.2. The van der Waals surface area contributed by atoms with Crippen LogP contribution in [0.15, 0.2) is 42.6 Å². The molecule has 148 valence electrons. The van der Waals surface area contributed by atoms with Gasteiger partial charge in [0.1, 0.15) is 27.4 Å². The van der Waals surface area contributed by atoms with Crippen molar-refractivity contribution in [3.05, 3.63) is 58.2 Å². The van der Waals surface area contributed by atoms with Crippen LogP contribution in [0.3, 0.4) is 0 Å². The number of urea groups is 1. The molecule has 0 radical (unpaired) electrons. The number of rotatable bonds is 3. The molecule has 3 aromatic rings. The van der Waals surface area contributed by atoms with E-state index in [9.17, 15) is 15.0 Å². The highest BCUT2D eigenvalue weighted by Gasteiger charge is 2.34. The van der Waals surface area contributed by atoms with Crippen molar-refractivity contribution in [3.63, 3.8) is 0 Å². The zero-order valence-corrected chi connectivity index (χ0v) is 16.6. The number of nitrogens with zero attached hydrogens (tertiary/aromatic N) is 4. The first kappa shape index (κ1) is 19.1. The predicted octanol–water partition coefficient (Wildman–Crippen LogP) is 4.51. The van der Waals surface area contributed by atoms with Crippen molar-refractivity contribution in [1.29, 1.82) is 0 Å². The van der Waals surface area contributed by atoms with Gasteiger partial charge in [-0.2, -0.15) is 4.98 Å². The second kappa shape index (κ2) is 7.31. The van der Waals surface area contributed by atoms with Crippen molar-refractivity contribution in [2.45, 2.75) is 6.54 Å². The van der Waals surface area contributed by atoms with Crippen LogP contribution in [-0.4, -0.2) is 33.3 Å². The van der Waals surface area contributed by atoms with Crippen LogP contribution in [-0.2, 0) is 6.54 Å². The van der Waals surface area contributed by atoms with Crippen LogP contribution in [0.1, 0.15) is 5.56 Å². The Balaban J connectivity index is 1.71. The summed E-state index contributed by atoms with van der Waals surface area (Å²) in [6, 6.07) is 9.95. The Bertz CT molecular complexity index is 1080. The fourth-order valence-corrected chi connectivity index (χ4v) is 3.58. The summed E-state index contributed by atoms with van der Waals surface area (Å²) < 4.78 is 0. The zero-order chi connectivity index (χ0) is 20.7. The monoisotopic (exact) mass is 431 g/mol. The van der Waals surface area contributed by atoms with Crippen LogP contribution >= 0.6 is 23.2 Å². The Hall–Kier alpha value is -3.23. The number of benzene rings is 2. The molecule has 0 unspecified atom stereocenters. The third-order valence-corrected chi connectivity index (χ3v) is 5.19. The van der Waals surface area contributed by atoms with Crippen LogP contribution in [0.2, 0.25) is 10.0 Å². The number of nitrogens with one attached hydrogen (secondary N) is 1. The fraction of sp³-hybridized carbons (Fsp3) is 0.105. The standard InChI is InChI=1S/C19H15Cl2N5O3/c1-25-17-10(8-22-18(24-17)23-11-5-3-2-4-6-11)9-26(19(25)29)16-14(20)12(27)7-13(28)15(16)21/h2-8,27-28H,9H2,1H3,(H,22,23,24). The van der Waals surface area contributed by atoms with Gasteiger partial charge in [0.25, 0.3) is 0 Å². The Morgan fingerprint density at radius 1 is 1.10 bits per heavy atom. The van der Waals surface area contributed by atoms with Crippen LogP contribution < -0.4 is 15.1 Å². The van der Waals surface area contributed by atoms with Gasteiger partial charge < -0.3 is 15.5 Å². The molecule has 8 nitrogen and oxygen atoms in total. The zero-order valence-electron chi connectivity index (χ0n) is 15.1. The molecule has 0 saturated carbocycles. The summed E-state index contributed by atoms with van der Waals surface area (Å²) in [5.41, 5.74) is 1.47. The van der Waals surface area contributed by atoms with E-state index in [0.29, 0.717) is 17.3 Å². The maximum atomic E-state index is 13.0. The molecular formula is C19H15Cl2N5O3. The lowest BCUT2D eigenvalue weighted by Gasteiger charge is -2.35. The van der Waals surface area contributed by atoms with Gasteiger partial charge in [0.2, 0.25) is 5.95 Å². The van der Waals surface area contributed by atoms with Gasteiger partial charge in [-0.25, -0.2) is 9.78 Å². The minimum atomic E-state index is -0.476. The second-order valence-electron chi connectivity index (χ2n) is 6.35. The van der Waals surface area contributed by atoms with E-state index < -0.39 is 6.03 Å². The van der Waals surface area contributed by atoms with Gasteiger partial charge in [-0.1, -0.05) is 41.4 Å². The van der Waals surface area contributed by atoms with E-state index >= 15 is 0 Å². The minimum Gasteiger partial charge on any atom is -0.506 e. The first-order valence-electron chi connectivity index (χ1n) is 8.50. The van der Waals surface area contributed by atoms with Crippen LogP contribution in [0, 0.1) is 0 Å². The molecule has 0 saturated heterocycles. The van der Waals surface area contributed by atoms with E-state index in [1.54, 1.807) is 13.2 Å². The summed E-state index contributed by atoms with van der Waals surface area (Å²) in [5.74, 6) is -0.00244. The van der Waals surface area contributed by atoms with Gasteiger partial charge in [-0.3, -0.25) is 9.80 Å². The second-order valence-corrected chi connectivity index (χ2v) is 7.11. The molecule has 4 rings (SSSR count). The molecular weight excluding hydrogens is 417 g/mol. The Morgan fingerprint density at radius 2 is 1.76 bits per heavy atom. The molecule has 0 spiro atoms. The number of phenolic OH excluding ortho intramolecular Hbond substituents is 2. The number of aromatic nitrogens is 2. The molecule has 1 aliphatic heterocycles. The van der Waals surface area contributed by atoms with E-state index in [0.717, 1.165) is 11.8 Å². The van der Waals surface area contributed by atoms with Crippen LogP contribution in [0.4, 0.5) is 27.9 Å². The predicted molar refractivity (Wildman–Crippen MR) is 112 cm³/mol. The van der Waals surface area contributed by atoms with Gasteiger partial charge in [-0.05, 0) is 12.1 Å². The van der Waals surface area contributed by atoms with Crippen LogP contribution in [0.5, 0.6) is 11.5 Å². The summed E-state index contributed by atoms with van der Waals surface area (Å²) in [4.78, 5) is 24.3. The quantitative estimate of drug-likeness (QED) is 0.563. The first-order valence-corrected chi connectivity index (χ1v) is 9.25. The van der Waals surface area contributed by atoms with E-state index in [1.165, 1.54) is 9.80 Å². The number of amides is 2. The number of aromatic hydroxyl groups is 2. The van der Waals surface area contributed by atoms with Gasteiger partial charge in [0.15, 0.2) is 0 Å². The van der Waals surface area contributed by atoms with Crippen molar-refractivity contribution in [2.75, 3.05) is 22.2 Å². The fourth-order valence-electron chi connectivity index (χ4n) is 3.03. The lowest BCUT2D eigenvalue weighted by molar-refractivity contribution is 0.251. The summed E-state index contributed by atoms with van der Waals surface area (Å²) in [5, 5.41) is 22.7. The third-order valence-electron chi connectivity index (χ3n) is 4.44. The van der Waals surface area contributed by atoms with Crippen molar-refractivity contribution in [2.24, 2.45) is 0 Å². The normalized spacial score (nSPS) is 13.4. The number of fused-ring (bicyclic) bond motifs is 1. The molecule has 2 heterocycles. The number of anilines is 4. The molecule has 2 aromatic carbocycles. The van der Waals surface area contributed by atoms with Crippen molar-refractivity contribution >= 4 is 52.4 Å². The number of hydrogen-bond donors (Lipinski definition) is 3. The van der Waals surface area contributed by atoms with Gasteiger partial charge in [-0.15, -0.1) is 0 Å². The number of carbonyl (C=O) groups excluding carboxylic acids is 1. The number of para-hydroxylation sites is 1. The summed E-state index contributed by atoms with van der Waals surface area (Å²) >= 11 is 12.3. The summed E-state index contributed by atoms with van der Waals surface area (Å²) in [6.45, 7) is 0.0620. The van der Waals surface area contributed by atoms with Gasteiger partial charge in [0.05, 0.1) is 12.2 Å². The van der Waals surface area contributed by atoms with Crippen molar-refractivity contribution < 1.29 is 15.0 Å². The molecule has 0 atom stereocenters. The highest BCUT2D eigenvalue weighted by Crippen LogP contribution is 2.47.